The topological polar surface area (TPSA) is 12.0 Å². The number of rotatable bonds is 5. The molecule has 0 radical (unpaired) electrons. The van der Waals surface area contributed by atoms with Gasteiger partial charge >= 0.3 is 0 Å². The smallest absolute Gasteiger partial charge is 0.288 e. The van der Waals surface area contributed by atoms with Gasteiger partial charge in [-0.05, 0) is 54.8 Å². The number of hydrogen-bond acceptors (Lipinski definition) is 2. The third-order valence-electron chi connectivity index (χ3n) is 3.19. The van der Waals surface area contributed by atoms with E-state index in [-0.39, 0.29) is 0 Å². The van der Waals surface area contributed by atoms with E-state index in [0.717, 1.165) is 12.2 Å². The summed E-state index contributed by atoms with van der Waals surface area (Å²) in [6, 6.07) is 13.3. The maximum absolute atomic E-state index is 12.2. The molecule has 0 bridgehead atoms. The van der Waals surface area contributed by atoms with Crippen molar-refractivity contribution in [1.82, 2.24) is 0 Å². The monoisotopic (exact) mass is 293 g/mol. The number of nitrogens with one attached hydrogen (secondary N) is 1. The van der Waals surface area contributed by atoms with Crippen LogP contribution in [-0.4, -0.2) is 5.76 Å². The minimum Gasteiger partial charge on any atom is -0.381 e. The Labute approximate surface area is 122 Å². The minimum atomic E-state index is -2.37. The summed E-state index contributed by atoms with van der Waals surface area (Å²) in [5.74, 6) is -2.37. The summed E-state index contributed by atoms with van der Waals surface area (Å²) in [5, 5.41) is 3.33. The van der Waals surface area contributed by atoms with Crippen LogP contribution in [0.4, 0.5) is 14.5 Å². The van der Waals surface area contributed by atoms with Crippen LogP contribution in [-0.2, 0) is 6.54 Å². The average Bonchev–Trinajstić information content (AvgIpc) is 2.39. The zero-order valence-electron chi connectivity index (χ0n) is 11.5. The molecule has 2 aromatic rings. The number of alkyl halides is 2. The lowest BCUT2D eigenvalue weighted by molar-refractivity contribution is 0.252. The number of thioether (sulfide) groups is 1. The molecule has 0 aliphatic carbocycles. The van der Waals surface area contributed by atoms with Gasteiger partial charge in [-0.25, -0.2) is 0 Å². The van der Waals surface area contributed by atoms with E-state index in [0.29, 0.717) is 16.7 Å². The van der Waals surface area contributed by atoms with Gasteiger partial charge in [0.1, 0.15) is 0 Å². The Balaban J connectivity index is 2.00. The molecule has 0 aromatic heterocycles. The largest absolute Gasteiger partial charge is 0.381 e. The molecule has 0 fully saturated rings. The van der Waals surface area contributed by atoms with Crippen LogP contribution in [0.1, 0.15) is 16.7 Å². The summed E-state index contributed by atoms with van der Waals surface area (Å²) >= 11 is 0.565. The Morgan fingerprint density at radius 2 is 1.60 bits per heavy atom. The lowest BCUT2D eigenvalue weighted by atomic mass is 10.0. The Bertz CT molecular complexity index is 547. The molecule has 0 aliphatic rings. The molecule has 0 aliphatic heterocycles. The van der Waals surface area contributed by atoms with E-state index in [1.165, 1.54) is 16.7 Å². The fraction of sp³-hybridized carbons (Fsp3) is 0.250. The van der Waals surface area contributed by atoms with Gasteiger partial charge in [0, 0.05) is 17.1 Å². The fourth-order valence-corrected chi connectivity index (χ4v) is 2.57. The summed E-state index contributed by atoms with van der Waals surface area (Å²) in [6.45, 7) is 4.92. The molecule has 20 heavy (non-hydrogen) atoms. The first kappa shape index (κ1) is 14.9. The zero-order valence-corrected chi connectivity index (χ0v) is 12.3. The van der Waals surface area contributed by atoms with Crippen molar-refractivity contribution in [2.24, 2.45) is 0 Å². The first-order valence-corrected chi connectivity index (χ1v) is 7.28. The second-order valence-electron chi connectivity index (χ2n) is 4.63. The van der Waals surface area contributed by atoms with Gasteiger partial charge in [0.05, 0.1) is 0 Å². The van der Waals surface area contributed by atoms with Crippen LogP contribution in [0.25, 0.3) is 0 Å². The summed E-state index contributed by atoms with van der Waals surface area (Å²) in [7, 11) is 0. The molecule has 0 amide bonds. The van der Waals surface area contributed by atoms with Gasteiger partial charge in [-0.2, -0.15) is 8.78 Å². The number of hydrogen-bond donors (Lipinski definition) is 1. The summed E-state index contributed by atoms with van der Waals surface area (Å²) in [4.78, 5) is 0.581. The van der Waals surface area contributed by atoms with Crippen molar-refractivity contribution < 1.29 is 8.78 Å². The Hall–Kier alpha value is -1.55. The molecule has 0 saturated carbocycles. The highest BCUT2D eigenvalue weighted by Gasteiger charge is 2.05. The van der Waals surface area contributed by atoms with Crippen molar-refractivity contribution in [2.75, 3.05) is 5.32 Å². The molecule has 1 N–H and O–H groups in total. The van der Waals surface area contributed by atoms with E-state index in [1.54, 1.807) is 12.1 Å². The van der Waals surface area contributed by atoms with Crippen LogP contribution in [0.2, 0.25) is 0 Å². The normalized spacial score (nSPS) is 10.8. The standard InChI is InChI=1S/C16H17F2NS/c1-11-4-3-5-12(2)15(11)10-19-13-6-8-14(9-7-13)20-16(17)18/h3-9,16,19H,10H2,1-2H3. The molecule has 0 spiro atoms. The van der Waals surface area contributed by atoms with E-state index in [1.807, 2.05) is 18.2 Å². The maximum atomic E-state index is 12.2. The van der Waals surface area contributed by atoms with Crippen molar-refractivity contribution in [3.8, 4) is 0 Å². The average molecular weight is 293 g/mol. The minimum absolute atomic E-state index is 0.565. The second kappa shape index (κ2) is 6.75. The molecule has 0 heterocycles. The Kier molecular flexibility index (Phi) is 5.01. The number of anilines is 1. The predicted molar refractivity (Wildman–Crippen MR) is 81.5 cm³/mol. The molecule has 2 rings (SSSR count). The first-order chi connectivity index (χ1) is 9.56. The van der Waals surface area contributed by atoms with E-state index in [4.69, 9.17) is 0 Å². The fourth-order valence-electron chi connectivity index (χ4n) is 2.07. The van der Waals surface area contributed by atoms with Crippen LogP contribution in [0.15, 0.2) is 47.4 Å². The number of halogens is 2. The van der Waals surface area contributed by atoms with Crippen LogP contribution in [0.5, 0.6) is 0 Å². The van der Waals surface area contributed by atoms with Crippen molar-refractivity contribution in [3.05, 3.63) is 59.2 Å². The summed E-state index contributed by atoms with van der Waals surface area (Å²) in [6.07, 6.45) is 0. The molecule has 2 aromatic carbocycles. The van der Waals surface area contributed by atoms with Gasteiger partial charge in [0.2, 0.25) is 0 Å². The Morgan fingerprint density at radius 1 is 1.00 bits per heavy atom. The van der Waals surface area contributed by atoms with Crippen LogP contribution in [0, 0.1) is 13.8 Å². The van der Waals surface area contributed by atoms with Gasteiger partial charge in [0.25, 0.3) is 5.76 Å². The lowest BCUT2D eigenvalue weighted by Crippen LogP contribution is -2.03. The second-order valence-corrected chi connectivity index (χ2v) is 5.69. The molecule has 106 valence electrons. The predicted octanol–water partition coefficient (Wildman–Crippen LogP) is 5.23. The van der Waals surface area contributed by atoms with E-state index >= 15 is 0 Å². The maximum Gasteiger partial charge on any atom is 0.288 e. The summed E-state index contributed by atoms with van der Waals surface area (Å²) in [5.41, 5.74) is 4.72. The third-order valence-corrected chi connectivity index (χ3v) is 3.92. The van der Waals surface area contributed by atoms with Crippen molar-refractivity contribution in [3.63, 3.8) is 0 Å². The van der Waals surface area contributed by atoms with Crippen molar-refractivity contribution in [2.45, 2.75) is 31.0 Å². The Morgan fingerprint density at radius 3 is 2.15 bits per heavy atom. The molecule has 0 atom stereocenters. The highest BCUT2D eigenvalue weighted by molar-refractivity contribution is 7.99. The van der Waals surface area contributed by atoms with E-state index in [9.17, 15) is 8.78 Å². The quantitative estimate of drug-likeness (QED) is 0.757. The number of benzene rings is 2. The zero-order chi connectivity index (χ0) is 14.5. The van der Waals surface area contributed by atoms with Gasteiger partial charge in [-0.15, -0.1) is 0 Å². The first-order valence-electron chi connectivity index (χ1n) is 6.40. The summed E-state index contributed by atoms with van der Waals surface area (Å²) < 4.78 is 24.5. The highest BCUT2D eigenvalue weighted by Crippen LogP contribution is 2.26. The highest BCUT2D eigenvalue weighted by atomic mass is 32.2. The van der Waals surface area contributed by atoms with Crippen LogP contribution >= 0.6 is 11.8 Å². The molecular weight excluding hydrogens is 276 g/mol. The van der Waals surface area contributed by atoms with Crippen molar-refractivity contribution in [1.29, 1.82) is 0 Å². The molecular formula is C16H17F2NS. The van der Waals surface area contributed by atoms with Gasteiger partial charge in [0.15, 0.2) is 0 Å². The van der Waals surface area contributed by atoms with Gasteiger partial charge in [-0.3, -0.25) is 0 Å². The van der Waals surface area contributed by atoms with Crippen LogP contribution in [0.3, 0.4) is 0 Å². The molecule has 1 nitrogen and oxygen atoms in total. The van der Waals surface area contributed by atoms with Crippen LogP contribution < -0.4 is 5.32 Å². The number of aryl methyl sites for hydroxylation is 2. The third kappa shape index (κ3) is 3.97. The molecule has 0 saturated heterocycles. The lowest BCUT2D eigenvalue weighted by Gasteiger charge is -2.12. The van der Waals surface area contributed by atoms with E-state index < -0.39 is 5.76 Å². The molecule has 4 heteroatoms. The van der Waals surface area contributed by atoms with Crippen molar-refractivity contribution >= 4 is 17.4 Å². The van der Waals surface area contributed by atoms with Gasteiger partial charge in [-0.1, -0.05) is 30.0 Å². The van der Waals surface area contributed by atoms with E-state index in [2.05, 4.69) is 31.3 Å². The van der Waals surface area contributed by atoms with Gasteiger partial charge < -0.3 is 5.32 Å². The SMILES string of the molecule is Cc1cccc(C)c1CNc1ccc(SC(F)F)cc1. The molecule has 0 unspecified atom stereocenters.